The molecule has 2 saturated carbocycles. The molecule has 0 radical (unpaired) electrons. The average Bonchev–Trinajstić information content (AvgIpc) is 2.53. The summed E-state index contributed by atoms with van der Waals surface area (Å²) in [6.07, 6.45) is 9.09. The van der Waals surface area contributed by atoms with Gasteiger partial charge in [0.05, 0.1) is 12.2 Å². The lowest BCUT2D eigenvalue weighted by Crippen LogP contribution is -2.31. The van der Waals surface area contributed by atoms with Gasteiger partial charge in [0.15, 0.2) is 0 Å². The molecule has 0 amide bonds. The van der Waals surface area contributed by atoms with Crippen molar-refractivity contribution in [1.29, 1.82) is 0 Å². The highest BCUT2D eigenvalue weighted by Crippen LogP contribution is 2.49. The molecule has 1 aliphatic heterocycles. The minimum atomic E-state index is 0.566. The van der Waals surface area contributed by atoms with Crippen molar-refractivity contribution < 1.29 is 4.74 Å². The molecule has 3 rings (SSSR count). The first-order valence-corrected chi connectivity index (χ1v) is 8.01. The minimum absolute atomic E-state index is 0.566. The highest BCUT2D eigenvalue weighted by Gasteiger charge is 2.48. The molecule has 0 aromatic carbocycles. The summed E-state index contributed by atoms with van der Waals surface area (Å²) in [4.78, 5) is 1.41. The molecular formula is C12H18Br2O. The molecule has 0 spiro atoms. The van der Waals surface area contributed by atoms with Crippen molar-refractivity contribution in [2.24, 2.45) is 11.8 Å². The first-order chi connectivity index (χ1) is 7.24. The van der Waals surface area contributed by atoms with Gasteiger partial charge in [0.1, 0.15) is 0 Å². The maximum absolute atomic E-state index is 6.25. The smallest absolute Gasteiger partial charge is 0.0621 e. The van der Waals surface area contributed by atoms with Crippen LogP contribution in [0.2, 0.25) is 0 Å². The Morgan fingerprint density at radius 3 is 1.67 bits per heavy atom. The lowest BCUT2D eigenvalue weighted by molar-refractivity contribution is 0.00894. The van der Waals surface area contributed by atoms with Gasteiger partial charge >= 0.3 is 0 Å². The highest BCUT2D eigenvalue weighted by molar-refractivity contribution is 9.09. The Kier molecular flexibility index (Phi) is 3.17. The van der Waals surface area contributed by atoms with Crippen molar-refractivity contribution in [3.63, 3.8) is 0 Å². The van der Waals surface area contributed by atoms with Crippen LogP contribution in [0.3, 0.4) is 0 Å². The standard InChI is InChI=1S/C12H18Br2O/c13-7-1-3-9-10-4-2-8(14)6-12(10)15-11(9)5-7/h7-12H,1-6H2. The zero-order valence-corrected chi connectivity index (χ0v) is 12.0. The van der Waals surface area contributed by atoms with Gasteiger partial charge in [-0.25, -0.2) is 0 Å². The summed E-state index contributed by atoms with van der Waals surface area (Å²) in [5.74, 6) is 1.76. The Balaban J connectivity index is 1.72. The van der Waals surface area contributed by atoms with Crippen LogP contribution in [0.25, 0.3) is 0 Å². The Morgan fingerprint density at radius 2 is 1.20 bits per heavy atom. The first kappa shape index (κ1) is 11.0. The zero-order chi connectivity index (χ0) is 10.4. The van der Waals surface area contributed by atoms with Crippen LogP contribution in [-0.4, -0.2) is 21.9 Å². The Hall–Kier alpha value is 0.920. The Bertz CT molecular complexity index is 222. The number of rotatable bonds is 0. The van der Waals surface area contributed by atoms with E-state index in [-0.39, 0.29) is 0 Å². The number of ether oxygens (including phenoxy) is 1. The molecule has 1 nitrogen and oxygen atoms in total. The van der Waals surface area contributed by atoms with Crippen LogP contribution < -0.4 is 0 Å². The average molecular weight is 338 g/mol. The fraction of sp³-hybridized carbons (Fsp3) is 1.00. The van der Waals surface area contributed by atoms with Crippen molar-refractivity contribution in [2.45, 2.75) is 60.4 Å². The van der Waals surface area contributed by atoms with Crippen molar-refractivity contribution in [3.8, 4) is 0 Å². The second-order valence-corrected chi connectivity index (χ2v) is 7.95. The van der Waals surface area contributed by atoms with E-state index in [1.165, 1.54) is 38.5 Å². The van der Waals surface area contributed by atoms with Gasteiger partial charge in [0.2, 0.25) is 0 Å². The van der Waals surface area contributed by atoms with Gasteiger partial charge in [-0.1, -0.05) is 31.9 Å². The van der Waals surface area contributed by atoms with Gasteiger partial charge in [-0.3, -0.25) is 0 Å². The van der Waals surface area contributed by atoms with Gasteiger partial charge in [-0.2, -0.15) is 0 Å². The number of alkyl halides is 2. The lowest BCUT2D eigenvalue weighted by Gasteiger charge is -2.32. The molecule has 86 valence electrons. The molecule has 3 aliphatic rings. The molecule has 1 heterocycles. The Morgan fingerprint density at radius 1 is 0.733 bits per heavy atom. The van der Waals surface area contributed by atoms with Gasteiger partial charge in [-0.05, 0) is 50.4 Å². The zero-order valence-electron chi connectivity index (χ0n) is 8.87. The molecule has 6 atom stereocenters. The number of hydrogen-bond acceptors (Lipinski definition) is 1. The molecule has 2 aliphatic carbocycles. The molecule has 0 aromatic rings. The third-order valence-corrected chi connectivity index (χ3v) is 6.12. The van der Waals surface area contributed by atoms with E-state index in [0.29, 0.717) is 21.9 Å². The van der Waals surface area contributed by atoms with Crippen LogP contribution >= 0.6 is 31.9 Å². The molecule has 3 heteroatoms. The minimum Gasteiger partial charge on any atom is -0.374 e. The predicted molar refractivity (Wildman–Crippen MR) is 68.8 cm³/mol. The maximum atomic E-state index is 6.25. The van der Waals surface area contributed by atoms with Crippen LogP contribution in [0.15, 0.2) is 0 Å². The first-order valence-electron chi connectivity index (χ1n) is 6.17. The third-order valence-electron chi connectivity index (χ3n) is 4.46. The summed E-state index contributed by atoms with van der Waals surface area (Å²) in [5, 5.41) is 0. The molecule has 3 fully saturated rings. The molecule has 0 N–H and O–H groups in total. The summed E-state index contributed by atoms with van der Waals surface area (Å²) >= 11 is 7.49. The molecule has 15 heavy (non-hydrogen) atoms. The third kappa shape index (κ3) is 2.04. The van der Waals surface area contributed by atoms with Crippen LogP contribution in [0.5, 0.6) is 0 Å². The topological polar surface area (TPSA) is 9.23 Å². The van der Waals surface area contributed by atoms with Crippen molar-refractivity contribution in [2.75, 3.05) is 0 Å². The van der Waals surface area contributed by atoms with E-state index < -0.39 is 0 Å². The van der Waals surface area contributed by atoms with Gasteiger partial charge < -0.3 is 4.74 Å². The van der Waals surface area contributed by atoms with Crippen molar-refractivity contribution in [3.05, 3.63) is 0 Å². The number of fused-ring (bicyclic) bond motifs is 3. The van der Waals surface area contributed by atoms with E-state index in [4.69, 9.17) is 4.74 Å². The van der Waals surface area contributed by atoms with Crippen LogP contribution in [0, 0.1) is 11.8 Å². The fourth-order valence-electron chi connectivity index (χ4n) is 3.72. The molecule has 0 bridgehead atoms. The summed E-state index contributed by atoms with van der Waals surface area (Å²) in [6, 6.07) is 0. The normalized spacial score (nSPS) is 54.8. The van der Waals surface area contributed by atoms with Crippen molar-refractivity contribution in [1.82, 2.24) is 0 Å². The Labute approximate surface area is 109 Å². The second-order valence-electron chi connectivity index (χ2n) is 5.36. The van der Waals surface area contributed by atoms with E-state index in [9.17, 15) is 0 Å². The fourth-order valence-corrected chi connectivity index (χ4v) is 4.99. The van der Waals surface area contributed by atoms with Crippen LogP contribution in [0.1, 0.15) is 38.5 Å². The van der Waals surface area contributed by atoms with Gasteiger partial charge in [-0.15, -0.1) is 0 Å². The van der Waals surface area contributed by atoms with E-state index >= 15 is 0 Å². The van der Waals surface area contributed by atoms with Crippen LogP contribution in [0.4, 0.5) is 0 Å². The molecule has 1 saturated heterocycles. The predicted octanol–water partition coefficient (Wildman–Crippen LogP) is 3.88. The van der Waals surface area contributed by atoms with Gasteiger partial charge in [0.25, 0.3) is 0 Å². The molecule has 6 unspecified atom stereocenters. The SMILES string of the molecule is BrC1CCC2C(C1)OC1CC(Br)CCC12. The van der Waals surface area contributed by atoms with Crippen LogP contribution in [-0.2, 0) is 4.74 Å². The number of halogens is 2. The van der Waals surface area contributed by atoms with E-state index in [0.717, 1.165) is 11.8 Å². The summed E-state index contributed by atoms with van der Waals surface area (Å²) in [6.45, 7) is 0. The summed E-state index contributed by atoms with van der Waals surface area (Å²) in [5.41, 5.74) is 0. The quantitative estimate of drug-likeness (QED) is 0.609. The number of hydrogen-bond donors (Lipinski definition) is 0. The monoisotopic (exact) mass is 336 g/mol. The van der Waals surface area contributed by atoms with E-state index in [2.05, 4.69) is 31.9 Å². The van der Waals surface area contributed by atoms with Crippen molar-refractivity contribution >= 4 is 31.9 Å². The molecular weight excluding hydrogens is 320 g/mol. The van der Waals surface area contributed by atoms with E-state index in [1.807, 2.05) is 0 Å². The second kappa shape index (κ2) is 4.30. The highest BCUT2D eigenvalue weighted by atomic mass is 79.9. The molecule has 0 aromatic heterocycles. The maximum Gasteiger partial charge on any atom is 0.0621 e. The largest absolute Gasteiger partial charge is 0.374 e. The summed E-state index contributed by atoms with van der Waals surface area (Å²) in [7, 11) is 0. The van der Waals surface area contributed by atoms with Gasteiger partial charge in [0, 0.05) is 9.65 Å². The van der Waals surface area contributed by atoms with E-state index in [1.54, 1.807) is 0 Å². The lowest BCUT2D eigenvalue weighted by atomic mass is 9.73. The summed E-state index contributed by atoms with van der Waals surface area (Å²) < 4.78 is 6.25.